The molecule has 0 saturated carbocycles. The molecule has 0 fully saturated rings. The molecule has 1 aromatic rings. The smallest absolute Gasteiger partial charge is 0.130 e. The molecule has 0 aromatic heterocycles. The lowest BCUT2D eigenvalue weighted by Crippen LogP contribution is -2.32. The maximum Gasteiger partial charge on any atom is 0.130 e. The van der Waals surface area contributed by atoms with Crippen molar-refractivity contribution < 1.29 is 9.53 Å². The average Bonchev–Trinajstić information content (AvgIpc) is 2.25. The number of fused-ring (bicyclic) bond motifs is 1. The van der Waals surface area contributed by atoms with E-state index in [4.69, 9.17) is 4.74 Å². The summed E-state index contributed by atoms with van der Waals surface area (Å²) in [6.07, 6.45) is 3.59. The molecule has 2 nitrogen and oxygen atoms in total. The minimum absolute atomic E-state index is 0.0477. The van der Waals surface area contributed by atoms with Gasteiger partial charge >= 0.3 is 0 Å². The van der Waals surface area contributed by atoms with Crippen LogP contribution in [0.2, 0.25) is 0 Å². The first-order valence-electron chi connectivity index (χ1n) is 6.26. The fourth-order valence-corrected chi connectivity index (χ4v) is 2.19. The third-order valence-electron chi connectivity index (χ3n) is 3.27. The summed E-state index contributed by atoms with van der Waals surface area (Å²) in [5.74, 6) is 1.26. The highest BCUT2D eigenvalue weighted by atomic mass is 16.5. The van der Waals surface area contributed by atoms with Crippen molar-refractivity contribution >= 4 is 5.78 Å². The molecule has 17 heavy (non-hydrogen) atoms. The summed E-state index contributed by atoms with van der Waals surface area (Å²) < 4.78 is 5.93. The standard InChI is InChI=1S/C15H20O2/c1-11(16)4-5-12-6-7-14-13(10-12)8-9-15(2,3)17-14/h6-7,10H,4-5,8-9H2,1-3H3. The zero-order valence-electron chi connectivity index (χ0n) is 10.9. The van der Waals surface area contributed by atoms with Crippen LogP contribution in [-0.2, 0) is 17.6 Å². The van der Waals surface area contributed by atoms with E-state index in [-0.39, 0.29) is 11.4 Å². The quantitative estimate of drug-likeness (QED) is 0.799. The van der Waals surface area contributed by atoms with Crippen molar-refractivity contribution in [2.75, 3.05) is 0 Å². The second-order valence-corrected chi connectivity index (χ2v) is 5.51. The van der Waals surface area contributed by atoms with Crippen LogP contribution in [0.1, 0.15) is 44.7 Å². The first-order chi connectivity index (χ1) is 7.96. The van der Waals surface area contributed by atoms with Crippen LogP contribution in [0.15, 0.2) is 18.2 Å². The van der Waals surface area contributed by atoms with E-state index in [0.29, 0.717) is 6.42 Å². The van der Waals surface area contributed by atoms with E-state index >= 15 is 0 Å². The summed E-state index contributed by atoms with van der Waals surface area (Å²) in [7, 11) is 0. The van der Waals surface area contributed by atoms with Gasteiger partial charge in [-0.25, -0.2) is 0 Å². The largest absolute Gasteiger partial charge is 0.488 e. The van der Waals surface area contributed by atoms with Crippen molar-refractivity contribution in [3.05, 3.63) is 29.3 Å². The Balaban J connectivity index is 2.13. The molecule has 0 unspecified atom stereocenters. The van der Waals surface area contributed by atoms with Crippen molar-refractivity contribution in [3.8, 4) is 5.75 Å². The Bertz CT molecular complexity index is 433. The molecule has 1 aliphatic rings. The number of ether oxygens (including phenoxy) is 1. The van der Waals surface area contributed by atoms with Gasteiger partial charge in [0.15, 0.2) is 0 Å². The van der Waals surface area contributed by atoms with E-state index in [9.17, 15) is 4.79 Å². The van der Waals surface area contributed by atoms with E-state index < -0.39 is 0 Å². The summed E-state index contributed by atoms with van der Waals surface area (Å²) in [6.45, 7) is 5.89. The van der Waals surface area contributed by atoms with Crippen LogP contribution in [0, 0.1) is 0 Å². The minimum atomic E-state index is -0.0477. The molecule has 0 bridgehead atoms. The first-order valence-corrected chi connectivity index (χ1v) is 6.26. The van der Waals surface area contributed by atoms with Crippen molar-refractivity contribution in [1.29, 1.82) is 0 Å². The summed E-state index contributed by atoms with van der Waals surface area (Å²) in [5.41, 5.74) is 2.47. The fraction of sp³-hybridized carbons (Fsp3) is 0.533. The van der Waals surface area contributed by atoms with E-state index in [2.05, 4.69) is 26.0 Å². The van der Waals surface area contributed by atoms with E-state index in [1.54, 1.807) is 6.92 Å². The molecule has 1 aliphatic heterocycles. The lowest BCUT2D eigenvalue weighted by molar-refractivity contribution is -0.116. The van der Waals surface area contributed by atoms with Crippen LogP contribution in [0.5, 0.6) is 5.75 Å². The summed E-state index contributed by atoms with van der Waals surface area (Å²) in [5, 5.41) is 0. The van der Waals surface area contributed by atoms with Gasteiger partial charge in [0.05, 0.1) is 0 Å². The van der Waals surface area contributed by atoms with Crippen LogP contribution in [0.3, 0.4) is 0 Å². The van der Waals surface area contributed by atoms with Gasteiger partial charge in [-0.2, -0.15) is 0 Å². The Labute approximate surface area is 103 Å². The topological polar surface area (TPSA) is 26.3 Å². The average molecular weight is 232 g/mol. The Morgan fingerprint density at radius 3 is 2.88 bits per heavy atom. The van der Waals surface area contributed by atoms with Gasteiger partial charge in [-0.3, -0.25) is 0 Å². The molecule has 2 rings (SSSR count). The zero-order valence-corrected chi connectivity index (χ0v) is 10.9. The van der Waals surface area contributed by atoms with Crippen LogP contribution in [-0.4, -0.2) is 11.4 Å². The van der Waals surface area contributed by atoms with Gasteiger partial charge < -0.3 is 9.53 Å². The van der Waals surface area contributed by atoms with Crippen LogP contribution in [0.4, 0.5) is 0 Å². The van der Waals surface area contributed by atoms with Crippen LogP contribution < -0.4 is 4.74 Å². The van der Waals surface area contributed by atoms with Gasteiger partial charge in [0.2, 0.25) is 0 Å². The number of benzene rings is 1. The van der Waals surface area contributed by atoms with Crippen molar-refractivity contribution in [3.63, 3.8) is 0 Å². The molecule has 0 amide bonds. The molecular formula is C15H20O2. The molecule has 0 spiro atoms. The van der Waals surface area contributed by atoms with Gasteiger partial charge in [0, 0.05) is 6.42 Å². The molecule has 1 heterocycles. The molecule has 2 heteroatoms. The van der Waals surface area contributed by atoms with Crippen molar-refractivity contribution in [2.24, 2.45) is 0 Å². The molecule has 92 valence electrons. The third-order valence-corrected chi connectivity index (χ3v) is 3.27. The molecular weight excluding hydrogens is 212 g/mol. The summed E-state index contributed by atoms with van der Waals surface area (Å²) >= 11 is 0. The van der Waals surface area contributed by atoms with Gasteiger partial charge in [-0.1, -0.05) is 12.1 Å². The highest BCUT2D eigenvalue weighted by Gasteiger charge is 2.26. The van der Waals surface area contributed by atoms with Gasteiger partial charge in [-0.15, -0.1) is 0 Å². The van der Waals surface area contributed by atoms with Crippen molar-refractivity contribution in [2.45, 2.75) is 52.1 Å². The van der Waals surface area contributed by atoms with E-state index in [1.165, 1.54) is 11.1 Å². The second-order valence-electron chi connectivity index (χ2n) is 5.51. The number of aryl methyl sites for hydroxylation is 2. The molecule has 0 saturated heterocycles. The Morgan fingerprint density at radius 2 is 2.18 bits per heavy atom. The molecule has 0 N–H and O–H groups in total. The summed E-state index contributed by atoms with van der Waals surface area (Å²) in [4.78, 5) is 11.0. The van der Waals surface area contributed by atoms with Gasteiger partial charge in [-0.05, 0) is 57.2 Å². The molecule has 0 atom stereocenters. The molecule has 1 aromatic carbocycles. The Hall–Kier alpha value is -1.31. The zero-order chi connectivity index (χ0) is 12.5. The van der Waals surface area contributed by atoms with Gasteiger partial charge in [0.1, 0.15) is 17.1 Å². The lowest BCUT2D eigenvalue weighted by atomic mass is 9.92. The normalized spacial score (nSPS) is 17.1. The number of hydrogen-bond acceptors (Lipinski definition) is 2. The maximum absolute atomic E-state index is 11.0. The summed E-state index contributed by atoms with van der Waals surface area (Å²) in [6, 6.07) is 6.31. The first kappa shape index (κ1) is 12.2. The van der Waals surface area contributed by atoms with Gasteiger partial charge in [0.25, 0.3) is 0 Å². The van der Waals surface area contributed by atoms with Crippen LogP contribution in [0.25, 0.3) is 0 Å². The fourth-order valence-electron chi connectivity index (χ4n) is 2.19. The molecule has 0 aliphatic carbocycles. The Morgan fingerprint density at radius 1 is 1.41 bits per heavy atom. The lowest BCUT2D eigenvalue weighted by Gasteiger charge is -2.32. The maximum atomic E-state index is 11.0. The second kappa shape index (κ2) is 4.52. The third kappa shape index (κ3) is 3.09. The monoisotopic (exact) mass is 232 g/mol. The highest BCUT2D eigenvalue weighted by molar-refractivity contribution is 5.75. The number of ketones is 1. The minimum Gasteiger partial charge on any atom is -0.488 e. The van der Waals surface area contributed by atoms with Crippen molar-refractivity contribution in [1.82, 2.24) is 0 Å². The molecule has 0 radical (unpaired) electrons. The number of rotatable bonds is 3. The number of carbonyl (C=O) groups excluding carboxylic acids is 1. The number of hydrogen-bond donors (Lipinski definition) is 0. The number of Topliss-reactive ketones (excluding diaryl/α,β-unsaturated/α-hetero) is 1. The van der Waals surface area contributed by atoms with E-state index in [0.717, 1.165) is 25.0 Å². The Kier molecular flexibility index (Phi) is 3.23. The number of carbonyl (C=O) groups is 1. The predicted octanol–water partition coefficient (Wildman–Crippen LogP) is 3.31. The SMILES string of the molecule is CC(=O)CCc1ccc2c(c1)CCC(C)(C)O2. The predicted molar refractivity (Wildman–Crippen MR) is 68.5 cm³/mol. The highest BCUT2D eigenvalue weighted by Crippen LogP contribution is 2.33. The van der Waals surface area contributed by atoms with Crippen LogP contribution >= 0.6 is 0 Å². The van der Waals surface area contributed by atoms with E-state index in [1.807, 2.05) is 6.07 Å².